The molecule has 14 heavy (non-hydrogen) atoms. The highest BCUT2D eigenvalue weighted by molar-refractivity contribution is 7.89. The van der Waals surface area contributed by atoms with Crippen molar-refractivity contribution in [2.75, 3.05) is 0 Å². The Hall–Kier alpha value is -1.62. The van der Waals surface area contributed by atoms with Crippen molar-refractivity contribution in [3.05, 3.63) is 23.8 Å². The van der Waals surface area contributed by atoms with Gasteiger partial charge in [0, 0.05) is 6.07 Å². The van der Waals surface area contributed by atoms with E-state index in [2.05, 4.69) is 0 Å². The van der Waals surface area contributed by atoms with E-state index in [1.807, 2.05) is 0 Å². The van der Waals surface area contributed by atoms with Crippen LogP contribution >= 0.6 is 0 Å². The third kappa shape index (κ3) is 2.43. The van der Waals surface area contributed by atoms with E-state index in [0.717, 1.165) is 6.07 Å². The number of benzene rings is 1. The largest absolute Gasteiger partial charge is 0.508 e. The Morgan fingerprint density at radius 2 is 2.00 bits per heavy atom. The quantitative estimate of drug-likeness (QED) is 0.608. The molecule has 1 rings (SSSR count). The van der Waals surface area contributed by atoms with Gasteiger partial charge in [0.15, 0.2) is 0 Å². The van der Waals surface area contributed by atoms with Gasteiger partial charge in [-0.3, -0.25) is 0 Å². The van der Waals surface area contributed by atoms with E-state index in [0.29, 0.717) is 0 Å². The number of nitrogens with zero attached hydrogens (tertiary/aromatic N) is 1. The fraction of sp³-hybridized carbons (Fsp3) is 0. The highest BCUT2D eigenvalue weighted by Gasteiger charge is 2.14. The molecule has 0 aliphatic carbocycles. The molecule has 76 valence electrons. The molecular formula is C7H9N3O3S. The van der Waals surface area contributed by atoms with Gasteiger partial charge in [-0.1, -0.05) is 0 Å². The van der Waals surface area contributed by atoms with Crippen LogP contribution in [-0.2, 0) is 10.0 Å². The minimum Gasteiger partial charge on any atom is -0.508 e. The predicted octanol–water partition coefficient (Wildman–Crippen LogP) is 0.0733. The van der Waals surface area contributed by atoms with Crippen molar-refractivity contribution in [2.45, 2.75) is 4.90 Å². The van der Waals surface area contributed by atoms with Gasteiger partial charge < -0.3 is 11.3 Å². The third-order valence-electron chi connectivity index (χ3n) is 1.39. The molecule has 6 N–H and O–H groups in total. The Kier molecular flexibility index (Phi) is 3.59. The van der Waals surface area contributed by atoms with Crippen LogP contribution < -0.4 is 11.3 Å². The minimum absolute atomic E-state index is 0. The van der Waals surface area contributed by atoms with Crippen molar-refractivity contribution >= 4 is 10.0 Å². The first kappa shape index (κ1) is 12.4. The van der Waals surface area contributed by atoms with Gasteiger partial charge >= 0.3 is 0 Å². The van der Waals surface area contributed by atoms with Crippen molar-refractivity contribution in [3.8, 4) is 11.8 Å². The summed E-state index contributed by atoms with van der Waals surface area (Å²) in [4.78, 5) is -0.366. The van der Waals surface area contributed by atoms with Crippen molar-refractivity contribution in [2.24, 2.45) is 5.14 Å². The summed E-state index contributed by atoms with van der Waals surface area (Å²) >= 11 is 0. The zero-order valence-corrected chi connectivity index (χ0v) is 7.95. The minimum atomic E-state index is -3.95. The topological polar surface area (TPSA) is 139 Å². The summed E-state index contributed by atoms with van der Waals surface area (Å²) in [6, 6.07) is 5.00. The summed E-state index contributed by atoms with van der Waals surface area (Å²) in [5.41, 5.74) is -0.0831. The Morgan fingerprint density at radius 3 is 2.43 bits per heavy atom. The Balaban J connectivity index is 0.00000169. The van der Waals surface area contributed by atoms with Crippen molar-refractivity contribution < 1.29 is 13.5 Å². The lowest BCUT2D eigenvalue weighted by Crippen LogP contribution is -2.13. The highest BCUT2D eigenvalue weighted by Crippen LogP contribution is 2.19. The van der Waals surface area contributed by atoms with E-state index < -0.39 is 10.0 Å². The number of rotatable bonds is 1. The molecule has 0 amide bonds. The van der Waals surface area contributed by atoms with Gasteiger partial charge in [0.05, 0.1) is 5.56 Å². The second-order valence-electron chi connectivity index (χ2n) is 2.34. The Morgan fingerprint density at radius 1 is 1.43 bits per heavy atom. The maximum Gasteiger partial charge on any atom is 0.239 e. The predicted molar refractivity (Wildman–Crippen MR) is 49.2 cm³/mol. The maximum absolute atomic E-state index is 10.9. The van der Waals surface area contributed by atoms with Crippen LogP contribution in [0.2, 0.25) is 0 Å². The van der Waals surface area contributed by atoms with Crippen LogP contribution in [0.15, 0.2) is 23.1 Å². The second kappa shape index (κ2) is 4.06. The molecular weight excluding hydrogens is 206 g/mol. The maximum atomic E-state index is 10.9. The van der Waals surface area contributed by atoms with Crippen LogP contribution in [0.1, 0.15) is 5.56 Å². The number of primary sulfonamides is 1. The van der Waals surface area contributed by atoms with Gasteiger partial charge in [-0.15, -0.1) is 0 Å². The molecule has 0 aromatic heterocycles. The third-order valence-corrected chi connectivity index (χ3v) is 2.34. The van der Waals surface area contributed by atoms with Crippen LogP contribution in [0.4, 0.5) is 0 Å². The summed E-state index contributed by atoms with van der Waals surface area (Å²) in [5.74, 6) is -0.247. The standard InChI is InChI=1S/C7H6N2O3S.H3N/c8-4-5-1-2-6(10)3-7(5)13(9,11)12;/h1-3,10H,(H2,9,11,12);1H3. The van der Waals surface area contributed by atoms with E-state index in [-0.39, 0.29) is 22.4 Å². The number of sulfonamides is 1. The lowest BCUT2D eigenvalue weighted by molar-refractivity contribution is 0.473. The van der Waals surface area contributed by atoms with Gasteiger partial charge in [0.2, 0.25) is 10.0 Å². The first-order valence-electron chi connectivity index (χ1n) is 3.21. The number of phenols is 1. The molecule has 0 aliphatic rings. The summed E-state index contributed by atoms with van der Waals surface area (Å²) < 4.78 is 21.8. The molecule has 6 nitrogen and oxygen atoms in total. The molecule has 0 bridgehead atoms. The smallest absolute Gasteiger partial charge is 0.239 e. The lowest BCUT2D eigenvalue weighted by atomic mass is 10.2. The molecule has 0 radical (unpaired) electrons. The highest BCUT2D eigenvalue weighted by atomic mass is 32.2. The van der Waals surface area contributed by atoms with Crippen molar-refractivity contribution in [1.29, 1.82) is 5.26 Å². The van der Waals surface area contributed by atoms with E-state index in [1.54, 1.807) is 6.07 Å². The van der Waals surface area contributed by atoms with E-state index >= 15 is 0 Å². The molecule has 0 aliphatic heterocycles. The second-order valence-corrected chi connectivity index (χ2v) is 3.87. The number of hydrogen-bond acceptors (Lipinski definition) is 5. The monoisotopic (exact) mass is 215 g/mol. The van der Waals surface area contributed by atoms with Gasteiger partial charge in [-0.05, 0) is 12.1 Å². The van der Waals surface area contributed by atoms with Gasteiger partial charge in [0.25, 0.3) is 0 Å². The van der Waals surface area contributed by atoms with Crippen LogP contribution in [0.5, 0.6) is 5.75 Å². The molecule has 0 atom stereocenters. The van der Waals surface area contributed by atoms with E-state index in [4.69, 9.17) is 15.5 Å². The fourth-order valence-electron chi connectivity index (χ4n) is 0.839. The van der Waals surface area contributed by atoms with Gasteiger partial charge in [-0.25, -0.2) is 13.6 Å². The Labute approximate surface area is 81.2 Å². The lowest BCUT2D eigenvalue weighted by Gasteiger charge is -2.00. The SMILES string of the molecule is N.N#Cc1ccc(O)cc1S(N)(=O)=O. The summed E-state index contributed by atoms with van der Waals surface area (Å²) in [6.45, 7) is 0. The summed E-state index contributed by atoms with van der Waals surface area (Å²) in [7, 11) is -3.95. The molecule has 1 aromatic rings. The zero-order valence-electron chi connectivity index (χ0n) is 7.14. The number of aromatic hydroxyl groups is 1. The van der Waals surface area contributed by atoms with E-state index in [1.165, 1.54) is 12.1 Å². The normalized spacial score (nSPS) is 10.0. The van der Waals surface area contributed by atoms with Crippen LogP contribution in [0, 0.1) is 11.3 Å². The summed E-state index contributed by atoms with van der Waals surface area (Å²) in [5, 5.41) is 22.3. The van der Waals surface area contributed by atoms with Crippen LogP contribution in [0.25, 0.3) is 0 Å². The van der Waals surface area contributed by atoms with Crippen molar-refractivity contribution in [1.82, 2.24) is 6.15 Å². The molecule has 7 heteroatoms. The zero-order chi connectivity index (χ0) is 10.1. The number of nitriles is 1. The Bertz CT molecular complexity index is 475. The molecule has 1 aromatic carbocycles. The van der Waals surface area contributed by atoms with Crippen molar-refractivity contribution in [3.63, 3.8) is 0 Å². The number of nitrogens with two attached hydrogens (primary N) is 1. The average Bonchev–Trinajstić information content (AvgIpc) is 2.03. The molecule has 0 fully saturated rings. The fourth-order valence-corrected chi connectivity index (χ4v) is 1.54. The average molecular weight is 215 g/mol. The summed E-state index contributed by atoms with van der Waals surface area (Å²) in [6.07, 6.45) is 0. The first-order valence-corrected chi connectivity index (χ1v) is 4.75. The van der Waals surface area contributed by atoms with Gasteiger partial charge in [-0.2, -0.15) is 5.26 Å². The molecule has 0 heterocycles. The number of phenolic OH excluding ortho intramolecular Hbond substituents is 1. The van der Waals surface area contributed by atoms with E-state index in [9.17, 15) is 8.42 Å². The van der Waals surface area contributed by atoms with Gasteiger partial charge in [0.1, 0.15) is 16.7 Å². The molecule has 0 spiro atoms. The van der Waals surface area contributed by atoms with Crippen LogP contribution in [0.3, 0.4) is 0 Å². The first-order chi connectivity index (χ1) is 5.95. The molecule has 0 saturated carbocycles. The molecule has 0 unspecified atom stereocenters. The molecule has 0 saturated heterocycles. The number of hydrogen-bond donors (Lipinski definition) is 3. The van der Waals surface area contributed by atoms with Crippen LogP contribution in [-0.4, -0.2) is 13.5 Å².